The van der Waals surface area contributed by atoms with Gasteiger partial charge in [-0.15, -0.1) is 0 Å². The highest BCUT2D eigenvalue weighted by molar-refractivity contribution is 6.41. The van der Waals surface area contributed by atoms with Gasteiger partial charge in [0, 0.05) is 5.69 Å². The Morgan fingerprint density at radius 3 is 2.52 bits per heavy atom. The maximum atomic E-state index is 12.1. The van der Waals surface area contributed by atoms with Gasteiger partial charge in [0.2, 0.25) is 0 Å². The molecule has 0 aliphatic heterocycles. The van der Waals surface area contributed by atoms with E-state index in [1.165, 1.54) is 6.07 Å². The molecule has 2 aromatic heterocycles. The maximum absolute atomic E-state index is 12.1. The van der Waals surface area contributed by atoms with Gasteiger partial charge in [0.05, 0.1) is 22.0 Å². The Bertz CT molecular complexity index is 685. The fourth-order valence-electron chi connectivity index (χ4n) is 1.84. The van der Waals surface area contributed by atoms with Gasteiger partial charge in [-0.2, -0.15) is 0 Å². The number of pyridine rings is 1. The Kier molecular flexibility index (Phi) is 4.75. The van der Waals surface area contributed by atoms with E-state index in [9.17, 15) is 4.79 Å². The van der Waals surface area contributed by atoms with Crippen LogP contribution in [0.1, 0.15) is 33.3 Å². The number of aryl methyl sites for hydroxylation is 3. The molecule has 2 heterocycles. The van der Waals surface area contributed by atoms with Crippen molar-refractivity contribution in [2.75, 3.05) is 0 Å². The predicted octanol–water partition coefficient (Wildman–Crippen LogP) is 3.46. The van der Waals surface area contributed by atoms with Crippen LogP contribution < -0.4 is 0 Å². The lowest BCUT2D eigenvalue weighted by Crippen LogP contribution is -2.10. The lowest BCUT2D eigenvalue weighted by atomic mass is 10.2. The second-order valence-electron chi connectivity index (χ2n) is 4.52. The van der Waals surface area contributed by atoms with Crippen LogP contribution in [0.4, 0.5) is 0 Å². The summed E-state index contributed by atoms with van der Waals surface area (Å²) in [5.41, 5.74) is 2.20. The third-order valence-corrected chi connectivity index (χ3v) is 3.39. The first kappa shape index (κ1) is 15.7. The Morgan fingerprint density at radius 1 is 1.14 bits per heavy atom. The van der Waals surface area contributed by atoms with E-state index in [4.69, 9.17) is 27.9 Å². The molecule has 0 saturated carbocycles. The Labute approximate surface area is 132 Å². The van der Waals surface area contributed by atoms with Crippen LogP contribution in [0.5, 0.6) is 0 Å². The summed E-state index contributed by atoms with van der Waals surface area (Å²) in [7, 11) is 0. The largest absolute Gasteiger partial charge is 0.456 e. The lowest BCUT2D eigenvalue weighted by Gasteiger charge is -2.08. The van der Waals surface area contributed by atoms with Gasteiger partial charge >= 0.3 is 5.97 Å². The van der Waals surface area contributed by atoms with Gasteiger partial charge in [-0.05, 0) is 32.9 Å². The molecule has 0 aromatic carbocycles. The SMILES string of the molecule is Cc1cc(COC(=O)c2cc(Cl)c(Cl)nc2C)nc(C)n1. The van der Waals surface area contributed by atoms with Gasteiger partial charge < -0.3 is 4.74 Å². The molecule has 0 N–H and O–H groups in total. The van der Waals surface area contributed by atoms with Crippen LogP contribution in [0.25, 0.3) is 0 Å². The van der Waals surface area contributed by atoms with Crippen LogP contribution in [0, 0.1) is 20.8 Å². The number of nitrogens with zero attached hydrogens (tertiary/aromatic N) is 3. The third kappa shape index (κ3) is 3.89. The van der Waals surface area contributed by atoms with E-state index in [1.54, 1.807) is 19.9 Å². The zero-order valence-electron chi connectivity index (χ0n) is 11.8. The van der Waals surface area contributed by atoms with Gasteiger partial charge in [0.15, 0.2) is 0 Å². The molecule has 0 radical (unpaired) electrons. The molecule has 0 bridgehead atoms. The summed E-state index contributed by atoms with van der Waals surface area (Å²) in [5.74, 6) is 0.112. The molecule has 0 atom stereocenters. The van der Waals surface area contributed by atoms with Crippen molar-refractivity contribution in [1.29, 1.82) is 0 Å². The van der Waals surface area contributed by atoms with E-state index in [0.717, 1.165) is 5.69 Å². The number of ether oxygens (including phenoxy) is 1. The van der Waals surface area contributed by atoms with E-state index in [2.05, 4.69) is 15.0 Å². The van der Waals surface area contributed by atoms with Crippen molar-refractivity contribution in [3.63, 3.8) is 0 Å². The van der Waals surface area contributed by atoms with Gasteiger partial charge in [-0.1, -0.05) is 23.2 Å². The van der Waals surface area contributed by atoms with Crippen molar-refractivity contribution < 1.29 is 9.53 Å². The molecule has 5 nitrogen and oxygen atoms in total. The standard InChI is InChI=1S/C14H13Cl2N3O2/c1-7-4-10(19-9(3)17-7)6-21-14(20)11-5-12(15)13(16)18-8(11)2/h4-5H,6H2,1-3H3. The molecule has 0 aliphatic rings. The first-order valence-corrected chi connectivity index (χ1v) is 6.93. The van der Waals surface area contributed by atoms with Gasteiger partial charge in [0.1, 0.15) is 17.6 Å². The average Bonchev–Trinajstić information content (AvgIpc) is 2.39. The molecule has 0 fully saturated rings. The molecule has 21 heavy (non-hydrogen) atoms. The molecular formula is C14H13Cl2N3O2. The number of carbonyl (C=O) groups excluding carboxylic acids is 1. The second-order valence-corrected chi connectivity index (χ2v) is 5.28. The fourth-order valence-corrected chi connectivity index (χ4v) is 2.18. The summed E-state index contributed by atoms with van der Waals surface area (Å²) in [4.78, 5) is 24.4. The summed E-state index contributed by atoms with van der Waals surface area (Å²) >= 11 is 11.7. The summed E-state index contributed by atoms with van der Waals surface area (Å²) < 4.78 is 5.23. The monoisotopic (exact) mass is 325 g/mol. The second kappa shape index (κ2) is 6.37. The highest BCUT2D eigenvalue weighted by Gasteiger charge is 2.15. The molecule has 0 aliphatic carbocycles. The average molecular weight is 326 g/mol. The van der Waals surface area contributed by atoms with Crippen LogP contribution in [0.2, 0.25) is 10.2 Å². The number of hydrogen-bond donors (Lipinski definition) is 0. The summed E-state index contributed by atoms with van der Waals surface area (Å²) in [6, 6.07) is 3.21. The van der Waals surface area contributed by atoms with Crippen molar-refractivity contribution in [2.45, 2.75) is 27.4 Å². The Balaban J connectivity index is 2.13. The van der Waals surface area contributed by atoms with Crippen LogP contribution in [-0.4, -0.2) is 20.9 Å². The normalized spacial score (nSPS) is 10.5. The lowest BCUT2D eigenvalue weighted by molar-refractivity contribution is 0.0466. The predicted molar refractivity (Wildman–Crippen MR) is 79.6 cm³/mol. The molecule has 0 unspecified atom stereocenters. The molecular weight excluding hydrogens is 313 g/mol. The Hall–Kier alpha value is -1.72. The van der Waals surface area contributed by atoms with Crippen LogP contribution in [-0.2, 0) is 11.3 Å². The molecule has 2 aromatic rings. The number of carbonyl (C=O) groups is 1. The minimum Gasteiger partial charge on any atom is -0.456 e. The van der Waals surface area contributed by atoms with Crippen molar-refractivity contribution in [2.24, 2.45) is 0 Å². The van der Waals surface area contributed by atoms with E-state index in [1.807, 2.05) is 6.92 Å². The number of halogens is 2. The van der Waals surface area contributed by atoms with Crippen molar-refractivity contribution in [3.05, 3.63) is 50.8 Å². The van der Waals surface area contributed by atoms with E-state index in [0.29, 0.717) is 17.2 Å². The summed E-state index contributed by atoms with van der Waals surface area (Å²) in [6.45, 7) is 5.36. The third-order valence-electron chi connectivity index (χ3n) is 2.71. The van der Waals surface area contributed by atoms with Crippen LogP contribution >= 0.6 is 23.2 Å². The van der Waals surface area contributed by atoms with E-state index >= 15 is 0 Å². The number of rotatable bonds is 3. The highest BCUT2D eigenvalue weighted by atomic mass is 35.5. The number of hydrogen-bond acceptors (Lipinski definition) is 5. The minimum atomic E-state index is -0.521. The van der Waals surface area contributed by atoms with E-state index < -0.39 is 5.97 Å². The zero-order valence-corrected chi connectivity index (χ0v) is 13.3. The van der Waals surface area contributed by atoms with Crippen molar-refractivity contribution in [3.8, 4) is 0 Å². The number of esters is 1. The van der Waals surface area contributed by atoms with Crippen LogP contribution in [0.15, 0.2) is 12.1 Å². The molecule has 2 rings (SSSR count). The smallest absolute Gasteiger partial charge is 0.340 e. The van der Waals surface area contributed by atoms with E-state index in [-0.39, 0.29) is 22.3 Å². The zero-order chi connectivity index (χ0) is 15.6. The summed E-state index contributed by atoms with van der Waals surface area (Å²) in [6.07, 6.45) is 0. The molecule has 0 saturated heterocycles. The maximum Gasteiger partial charge on any atom is 0.340 e. The molecule has 110 valence electrons. The fraction of sp³-hybridized carbons (Fsp3) is 0.286. The van der Waals surface area contributed by atoms with Crippen molar-refractivity contribution >= 4 is 29.2 Å². The first-order chi connectivity index (χ1) is 9.86. The molecule has 0 amide bonds. The summed E-state index contributed by atoms with van der Waals surface area (Å²) in [5, 5.41) is 0.371. The molecule has 7 heteroatoms. The van der Waals surface area contributed by atoms with Crippen molar-refractivity contribution in [1.82, 2.24) is 15.0 Å². The molecule has 0 spiro atoms. The number of aromatic nitrogens is 3. The van der Waals surface area contributed by atoms with Gasteiger partial charge in [0.25, 0.3) is 0 Å². The first-order valence-electron chi connectivity index (χ1n) is 6.17. The van der Waals surface area contributed by atoms with Gasteiger partial charge in [-0.3, -0.25) is 0 Å². The quantitative estimate of drug-likeness (QED) is 0.638. The highest BCUT2D eigenvalue weighted by Crippen LogP contribution is 2.23. The van der Waals surface area contributed by atoms with Gasteiger partial charge in [-0.25, -0.2) is 19.7 Å². The Morgan fingerprint density at radius 2 is 1.86 bits per heavy atom. The van der Waals surface area contributed by atoms with Crippen LogP contribution in [0.3, 0.4) is 0 Å². The minimum absolute atomic E-state index is 0.0583. The topological polar surface area (TPSA) is 65.0 Å².